The van der Waals surface area contributed by atoms with E-state index in [9.17, 15) is 15.2 Å². The molecule has 1 N–H and O–H groups in total. The number of nitro groups is 1. The molecule has 2 aromatic heterocycles. The molecule has 0 spiro atoms. The summed E-state index contributed by atoms with van der Waals surface area (Å²) >= 11 is 2.33. The van der Waals surface area contributed by atoms with Crippen molar-refractivity contribution in [2.24, 2.45) is 0 Å². The third-order valence-corrected chi connectivity index (χ3v) is 4.63. The van der Waals surface area contributed by atoms with Crippen LogP contribution in [0.15, 0.2) is 27.7 Å². The zero-order valence-corrected chi connectivity index (χ0v) is 11.9. The number of rotatable bonds is 4. The number of aryl methyl sites for hydroxylation is 1. The predicted octanol–water partition coefficient (Wildman–Crippen LogP) is 2.96. The van der Waals surface area contributed by atoms with Crippen LogP contribution in [0.25, 0.3) is 0 Å². The zero-order valence-electron chi connectivity index (χ0n) is 10.2. The Labute approximate surface area is 117 Å². The van der Waals surface area contributed by atoms with Crippen molar-refractivity contribution in [3.8, 4) is 0 Å². The van der Waals surface area contributed by atoms with E-state index in [1.54, 1.807) is 19.2 Å². The predicted molar refractivity (Wildman–Crippen MR) is 72.5 cm³/mol. The van der Waals surface area contributed by atoms with Crippen molar-refractivity contribution in [3.63, 3.8) is 0 Å². The molecule has 0 bridgehead atoms. The van der Waals surface area contributed by atoms with E-state index in [1.165, 1.54) is 17.4 Å². The van der Waals surface area contributed by atoms with E-state index < -0.39 is 11.0 Å². The van der Waals surface area contributed by atoms with Gasteiger partial charge in [0.25, 0.3) is 5.69 Å². The van der Waals surface area contributed by atoms with Crippen LogP contribution >= 0.6 is 23.1 Å². The Morgan fingerprint density at radius 3 is 2.89 bits per heavy atom. The fourth-order valence-electron chi connectivity index (χ4n) is 1.35. The van der Waals surface area contributed by atoms with Gasteiger partial charge in [-0.25, -0.2) is 9.97 Å². The lowest BCUT2D eigenvalue weighted by Crippen LogP contribution is -1.90. The first-order chi connectivity index (χ1) is 8.97. The van der Waals surface area contributed by atoms with Crippen molar-refractivity contribution in [2.45, 2.75) is 29.3 Å². The SMILES string of the molecule is Cc1ccnc(Sc2sc(C(C)O)cc2[N+](=O)[O-])n1. The van der Waals surface area contributed by atoms with Gasteiger partial charge in [-0.1, -0.05) is 0 Å². The Morgan fingerprint density at radius 1 is 1.58 bits per heavy atom. The average molecular weight is 297 g/mol. The molecule has 1 atom stereocenters. The fraction of sp³-hybridized carbons (Fsp3) is 0.273. The molecule has 1 unspecified atom stereocenters. The first-order valence-electron chi connectivity index (χ1n) is 5.41. The van der Waals surface area contributed by atoms with Gasteiger partial charge in [0.05, 0.1) is 11.0 Å². The van der Waals surface area contributed by atoms with E-state index in [1.807, 2.05) is 6.92 Å². The second-order valence-electron chi connectivity index (χ2n) is 3.84. The highest BCUT2D eigenvalue weighted by Gasteiger charge is 2.22. The van der Waals surface area contributed by atoms with Crippen LogP contribution in [-0.2, 0) is 0 Å². The van der Waals surface area contributed by atoms with E-state index in [-0.39, 0.29) is 5.69 Å². The van der Waals surface area contributed by atoms with E-state index in [0.29, 0.717) is 14.2 Å². The molecule has 19 heavy (non-hydrogen) atoms. The number of hydrogen-bond donors (Lipinski definition) is 1. The van der Waals surface area contributed by atoms with Gasteiger partial charge in [0.2, 0.25) is 0 Å². The van der Waals surface area contributed by atoms with Crippen LogP contribution in [0.3, 0.4) is 0 Å². The minimum atomic E-state index is -0.725. The highest BCUT2D eigenvalue weighted by Crippen LogP contribution is 2.41. The maximum atomic E-state index is 11.0. The van der Waals surface area contributed by atoms with Gasteiger partial charge in [-0.05, 0) is 31.7 Å². The number of aliphatic hydroxyl groups is 1. The lowest BCUT2D eigenvalue weighted by atomic mass is 10.3. The summed E-state index contributed by atoms with van der Waals surface area (Å²) in [5, 5.41) is 21.0. The van der Waals surface area contributed by atoms with Gasteiger partial charge in [-0.15, -0.1) is 11.3 Å². The molecule has 0 amide bonds. The molecule has 2 rings (SSSR count). The third kappa shape index (κ3) is 3.28. The number of nitrogens with zero attached hydrogens (tertiary/aromatic N) is 3. The minimum Gasteiger partial charge on any atom is -0.388 e. The number of hydrogen-bond acceptors (Lipinski definition) is 7. The monoisotopic (exact) mass is 297 g/mol. The molecule has 0 saturated carbocycles. The van der Waals surface area contributed by atoms with Gasteiger partial charge in [0.15, 0.2) is 5.16 Å². The van der Waals surface area contributed by atoms with Crippen LogP contribution in [0, 0.1) is 17.0 Å². The topological polar surface area (TPSA) is 89.2 Å². The summed E-state index contributed by atoms with van der Waals surface area (Å²) in [6, 6.07) is 3.15. The average Bonchev–Trinajstić information content (AvgIpc) is 2.73. The first-order valence-corrected chi connectivity index (χ1v) is 7.04. The van der Waals surface area contributed by atoms with Gasteiger partial charge in [0, 0.05) is 22.8 Å². The molecule has 6 nitrogen and oxygen atoms in total. The summed E-state index contributed by atoms with van der Waals surface area (Å²) in [5.74, 6) is 0. The van der Waals surface area contributed by atoms with E-state index in [2.05, 4.69) is 9.97 Å². The molecule has 2 heterocycles. The van der Waals surface area contributed by atoms with Crippen molar-refractivity contribution >= 4 is 28.8 Å². The fourth-order valence-corrected chi connectivity index (χ4v) is 3.53. The van der Waals surface area contributed by atoms with Crippen LogP contribution in [0.2, 0.25) is 0 Å². The standard InChI is InChI=1S/C11H11N3O3S2/c1-6-3-4-12-11(13-6)19-10-8(14(16)17)5-9(18-10)7(2)15/h3-5,7,15H,1-2H3. The summed E-state index contributed by atoms with van der Waals surface area (Å²) < 4.78 is 0.478. The summed E-state index contributed by atoms with van der Waals surface area (Å²) in [7, 11) is 0. The molecule has 0 radical (unpaired) electrons. The second-order valence-corrected chi connectivity index (χ2v) is 6.16. The number of thiophene rings is 1. The highest BCUT2D eigenvalue weighted by molar-refractivity contribution is 8.01. The molecule has 100 valence electrons. The number of aliphatic hydroxyl groups excluding tert-OH is 1. The molecule has 0 aliphatic rings. The number of aromatic nitrogens is 2. The molecular weight excluding hydrogens is 286 g/mol. The van der Waals surface area contributed by atoms with Crippen molar-refractivity contribution < 1.29 is 10.0 Å². The largest absolute Gasteiger partial charge is 0.388 e. The molecule has 0 aromatic carbocycles. The zero-order chi connectivity index (χ0) is 14.0. The van der Waals surface area contributed by atoms with Gasteiger partial charge >= 0.3 is 0 Å². The van der Waals surface area contributed by atoms with E-state index >= 15 is 0 Å². The van der Waals surface area contributed by atoms with Crippen LogP contribution in [0.5, 0.6) is 0 Å². The van der Waals surface area contributed by atoms with Crippen molar-refractivity contribution in [1.29, 1.82) is 0 Å². The smallest absolute Gasteiger partial charge is 0.294 e. The lowest BCUT2D eigenvalue weighted by Gasteiger charge is -1.98. The van der Waals surface area contributed by atoms with E-state index in [0.717, 1.165) is 17.5 Å². The summed E-state index contributed by atoms with van der Waals surface area (Å²) in [4.78, 5) is 19.3. The van der Waals surface area contributed by atoms with Gasteiger partial charge in [0.1, 0.15) is 4.21 Å². The molecule has 0 fully saturated rings. The van der Waals surface area contributed by atoms with Gasteiger partial charge < -0.3 is 5.11 Å². The normalized spacial score (nSPS) is 12.4. The lowest BCUT2D eigenvalue weighted by molar-refractivity contribution is -0.387. The maximum absolute atomic E-state index is 11.0. The van der Waals surface area contributed by atoms with Crippen molar-refractivity contribution in [1.82, 2.24) is 9.97 Å². The van der Waals surface area contributed by atoms with Crippen LogP contribution < -0.4 is 0 Å². The third-order valence-electron chi connectivity index (χ3n) is 2.26. The Morgan fingerprint density at radius 2 is 2.32 bits per heavy atom. The molecule has 2 aromatic rings. The Balaban J connectivity index is 2.36. The van der Waals surface area contributed by atoms with Crippen LogP contribution in [0.4, 0.5) is 5.69 Å². The summed E-state index contributed by atoms with van der Waals surface area (Å²) in [6.45, 7) is 3.41. The van der Waals surface area contributed by atoms with Gasteiger partial charge in [-0.2, -0.15) is 0 Å². The van der Waals surface area contributed by atoms with Crippen LogP contribution in [-0.4, -0.2) is 20.0 Å². The Kier molecular flexibility index (Phi) is 4.13. The summed E-state index contributed by atoms with van der Waals surface area (Å²) in [6.07, 6.45) is 0.885. The highest BCUT2D eigenvalue weighted by atomic mass is 32.2. The minimum absolute atomic E-state index is 0.0176. The second kappa shape index (κ2) is 5.64. The quantitative estimate of drug-likeness (QED) is 0.530. The first kappa shape index (κ1) is 13.9. The molecule has 0 aliphatic heterocycles. The van der Waals surface area contributed by atoms with Crippen LogP contribution in [0.1, 0.15) is 23.6 Å². The Hall–Kier alpha value is -1.51. The molecule has 8 heteroatoms. The van der Waals surface area contributed by atoms with Crippen molar-refractivity contribution in [2.75, 3.05) is 0 Å². The molecular formula is C11H11N3O3S2. The molecule has 0 aliphatic carbocycles. The summed E-state index contributed by atoms with van der Waals surface area (Å²) in [5.41, 5.74) is 0.781. The van der Waals surface area contributed by atoms with E-state index in [4.69, 9.17) is 0 Å². The van der Waals surface area contributed by atoms with Gasteiger partial charge in [-0.3, -0.25) is 10.1 Å². The van der Waals surface area contributed by atoms with Crippen molar-refractivity contribution in [3.05, 3.63) is 39.0 Å². The molecule has 0 saturated heterocycles. The Bertz CT molecular complexity index is 613. The maximum Gasteiger partial charge on any atom is 0.294 e.